The van der Waals surface area contributed by atoms with Gasteiger partial charge in [-0.25, -0.2) is 0 Å². The summed E-state index contributed by atoms with van der Waals surface area (Å²) in [6, 6.07) is 7.81. The van der Waals surface area contributed by atoms with Crippen LogP contribution in [-0.2, 0) is 9.31 Å². The highest BCUT2D eigenvalue weighted by atomic mass is 16.6. The molecule has 4 heteroatoms. The lowest BCUT2D eigenvalue weighted by atomic mass is 9.78. The zero-order chi connectivity index (χ0) is 12.5. The molecule has 0 bridgehead atoms. The first kappa shape index (κ1) is 14.1. The number of ether oxygens (including phenoxy) is 1. The highest BCUT2D eigenvalue weighted by Gasteiger charge is 2.20. The third kappa shape index (κ3) is 4.80. The molecule has 0 fully saturated rings. The minimum absolute atomic E-state index is 0.263. The van der Waals surface area contributed by atoms with Crippen LogP contribution in [0.3, 0.4) is 0 Å². The Labute approximate surface area is 104 Å². The van der Waals surface area contributed by atoms with Gasteiger partial charge in [0.2, 0.25) is 0 Å². The average Bonchev–Trinajstić information content (AvgIpc) is 2.39. The molecule has 0 heterocycles. The molecular weight excluding hydrogens is 215 g/mol. The molecule has 0 spiro atoms. The van der Waals surface area contributed by atoms with E-state index >= 15 is 0 Å². The van der Waals surface area contributed by atoms with E-state index in [1.807, 2.05) is 24.3 Å². The van der Waals surface area contributed by atoms with E-state index in [2.05, 4.69) is 13.8 Å². The Morgan fingerprint density at radius 3 is 1.88 bits per heavy atom. The fraction of sp³-hybridized carbons (Fsp3) is 0.538. The maximum atomic E-state index is 5.69. The Bertz CT molecular complexity index is 292. The van der Waals surface area contributed by atoms with Gasteiger partial charge in [0.1, 0.15) is 5.75 Å². The maximum Gasteiger partial charge on any atom is 0.493 e. The van der Waals surface area contributed by atoms with Crippen molar-refractivity contribution >= 4 is 12.6 Å². The van der Waals surface area contributed by atoms with E-state index in [4.69, 9.17) is 14.0 Å². The molecular formula is C13H21BO3. The van der Waals surface area contributed by atoms with Crippen LogP contribution in [0.4, 0.5) is 0 Å². The Balaban J connectivity index is 2.65. The standard InChI is InChI=1S/C13H21BO3/c1-4-10-16-14(17-11-5-2)12-6-8-13(15-3)9-7-12/h6-9H,4-5,10-11H2,1-3H3. The quantitative estimate of drug-likeness (QED) is 0.648. The van der Waals surface area contributed by atoms with Crippen LogP contribution < -0.4 is 10.2 Å². The van der Waals surface area contributed by atoms with E-state index in [0.29, 0.717) is 13.2 Å². The minimum atomic E-state index is -0.263. The molecule has 0 aliphatic carbocycles. The summed E-state index contributed by atoms with van der Waals surface area (Å²) < 4.78 is 16.5. The van der Waals surface area contributed by atoms with Crippen molar-refractivity contribution in [1.29, 1.82) is 0 Å². The molecule has 0 unspecified atom stereocenters. The molecule has 0 amide bonds. The number of methoxy groups -OCH3 is 1. The highest BCUT2D eigenvalue weighted by molar-refractivity contribution is 6.61. The van der Waals surface area contributed by atoms with Crippen molar-refractivity contribution in [3.8, 4) is 5.75 Å². The topological polar surface area (TPSA) is 27.7 Å². The number of benzene rings is 1. The van der Waals surface area contributed by atoms with E-state index in [1.165, 1.54) is 0 Å². The molecule has 0 aromatic heterocycles. The summed E-state index contributed by atoms with van der Waals surface area (Å²) in [4.78, 5) is 0. The van der Waals surface area contributed by atoms with Crippen LogP contribution >= 0.6 is 0 Å². The largest absolute Gasteiger partial charge is 0.497 e. The van der Waals surface area contributed by atoms with Crippen molar-refractivity contribution < 1.29 is 14.0 Å². The fourth-order valence-corrected chi connectivity index (χ4v) is 1.45. The molecule has 94 valence electrons. The normalized spacial score (nSPS) is 10.3. The van der Waals surface area contributed by atoms with Crippen LogP contribution in [0.15, 0.2) is 24.3 Å². The number of hydrogen-bond acceptors (Lipinski definition) is 3. The summed E-state index contributed by atoms with van der Waals surface area (Å²) in [6.07, 6.45) is 1.98. The summed E-state index contributed by atoms with van der Waals surface area (Å²) in [5.41, 5.74) is 1.03. The van der Waals surface area contributed by atoms with Crippen LogP contribution in [0.1, 0.15) is 26.7 Å². The van der Waals surface area contributed by atoms with Gasteiger partial charge in [-0.15, -0.1) is 0 Å². The fourth-order valence-electron chi connectivity index (χ4n) is 1.45. The van der Waals surface area contributed by atoms with Crippen molar-refractivity contribution in [3.63, 3.8) is 0 Å². The van der Waals surface area contributed by atoms with Crippen molar-refractivity contribution in [2.45, 2.75) is 26.7 Å². The zero-order valence-corrected chi connectivity index (χ0v) is 10.9. The van der Waals surface area contributed by atoms with E-state index < -0.39 is 0 Å². The molecule has 3 nitrogen and oxygen atoms in total. The summed E-state index contributed by atoms with van der Waals surface area (Å²) in [7, 11) is 1.40. The smallest absolute Gasteiger partial charge is 0.493 e. The summed E-state index contributed by atoms with van der Waals surface area (Å²) in [6.45, 7) is 5.59. The molecule has 0 N–H and O–H groups in total. The highest BCUT2D eigenvalue weighted by Crippen LogP contribution is 2.07. The molecule has 0 radical (unpaired) electrons. The minimum Gasteiger partial charge on any atom is -0.497 e. The van der Waals surface area contributed by atoms with Crippen molar-refractivity contribution in [3.05, 3.63) is 24.3 Å². The van der Waals surface area contributed by atoms with Gasteiger partial charge in [-0.1, -0.05) is 26.0 Å². The monoisotopic (exact) mass is 236 g/mol. The van der Waals surface area contributed by atoms with Gasteiger partial charge in [0.15, 0.2) is 0 Å². The van der Waals surface area contributed by atoms with Crippen molar-refractivity contribution in [1.82, 2.24) is 0 Å². The van der Waals surface area contributed by atoms with Crippen LogP contribution in [0.25, 0.3) is 0 Å². The van der Waals surface area contributed by atoms with Gasteiger partial charge < -0.3 is 14.0 Å². The molecule has 1 rings (SSSR count). The van der Waals surface area contributed by atoms with E-state index in [-0.39, 0.29) is 7.12 Å². The molecule has 1 aromatic rings. The zero-order valence-electron chi connectivity index (χ0n) is 10.9. The second kappa shape index (κ2) is 8.15. The van der Waals surface area contributed by atoms with Gasteiger partial charge in [0.05, 0.1) is 7.11 Å². The van der Waals surface area contributed by atoms with Gasteiger partial charge >= 0.3 is 7.12 Å². The predicted molar refractivity (Wildman–Crippen MR) is 70.9 cm³/mol. The molecule has 0 atom stereocenters. The molecule has 0 saturated heterocycles. The first-order valence-electron chi connectivity index (χ1n) is 6.19. The Morgan fingerprint density at radius 2 is 1.47 bits per heavy atom. The molecule has 17 heavy (non-hydrogen) atoms. The summed E-state index contributed by atoms with van der Waals surface area (Å²) in [5, 5.41) is 0. The van der Waals surface area contributed by atoms with E-state index in [9.17, 15) is 0 Å². The SMILES string of the molecule is CCCOB(OCCC)c1ccc(OC)cc1. The van der Waals surface area contributed by atoms with Gasteiger partial charge in [0, 0.05) is 13.2 Å². The Morgan fingerprint density at radius 1 is 0.941 bits per heavy atom. The average molecular weight is 236 g/mol. The van der Waals surface area contributed by atoms with Gasteiger partial charge in [0.25, 0.3) is 0 Å². The second-order valence-electron chi connectivity index (χ2n) is 3.85. The molecule has 0 aliphatic heterocycles. The molecule has 1 aromatic carbocycles. The van der Waals surface area contributed by atoms with Crippen LogP contribution in [0.2, 0.25) is 0 Å². The third-order valence-electron chi connectivity index (χ3n) is 2.33. The lowest BCUT2D eigenvalue weighted by Crippen LogP contribution is -2.37. The first-order valence-corrected chi connectivity index (χ1v) is 6.19. The lowest BCUT2D eigenvalue weighted by molar-refractivity contribution is 0.207. The summed E-state index contributed by atoms with van der Waals surface area (Å²) in [5.74, 6) is 0.846. The van der Waals surface area contributed by atoms with Gasteiger partial charge in [-0.3, -0.25) is 0 Å². The summed E-state index contributed by atoms with van der Waals surface area (Å²) >= 11 is 0. The van der Waals surface area contributed by atoms with Crippen LogP contribution in [0, 0.1) is 0 Å². The van der Waals surface area contributed by atoms with Crippen molar-refractivity contribution in [2.24, 2.45) is 0 Å². The van der Waals surface area contributed by atoms with Crippen LogP contribution in [-0.4, -0.2) is 27.4 Å². The van der Waals surface area contributed by atoms with E-state index in [0.717, 1.165) is 24.1 Å². The van der Waals surface area contributed by atoms with Crippen molar-refractivity contribution in [2.75, 3.05) is 20.3 Å². The maximum absolute atomic E-state index is 5.69. The van der Waals surface area contributed by atoms with Gasteiger partial charge in [-0.2, -0.15) is 0 Å². The van der Waals surface area contributed by atoms with Crippen LogP contribution in [0.5, 0.6) is 5.75 Å². The molecule has 0 saturated carbocycles. The number of hydrogen-bond donors (Lipinski definition) is 0. The second-order valence-corrected chi connectivity index (χ2v) is 3.85. The van der Waals surface area contributed by atoms with E-state index in [1.54, 1.807) is 7.11 Å². The predicted octanol–water partition coefficient (Wildman–Crippen LogP) is 2.24. The third-order valence-corrected chi connectivity index (χ3v) is 2.33. The van der Waals surface area contributed by atoms with Gasteiger partial charge in [-0.05, 0) is 30.4 Å². The Hall–Kier alpha value is -0.995. The Kier molecular flexibility index (Phi) is 6.74. The molecule has 0 aliphatic rings. The number of rotatable bonds is 8. The first-order chi connectivity index (χ1) is 8.31. The lowest BCUT2D eigenvalue weighted by Gasteiger charge is -2.14.